The maximum Gasteiger partial charge on any atom is 0.305 e. The molecule has 0 unspecified atom stereocenters. The van der Waals surface area contributed by atoms with Gasteiger partial charge in [-0.05, 0) is 0 Å². The molecular weight excluding hydrogens is 191 g/mol. The summed E-state index contributed by atoms with van der Waals surface area (Å²) in [5.41, 5.74) is 0. The van der Waals surface area contributed by atoms with Crippen LogP contribution in [-0.2, 0) is 14.3 Å². The van der Waals surface area contributed by atoms with Crippen LogP contribution in [-0.4, -0.2) is 23.7 Å². The lowest BCUT2D eigenvalue weighted by Gasteiger charge is -1.98. The van der Waals surface area contributed by atoms with Gasteiger partial charge >= 0.3 is 5.97 Å². The Balaban J connectivity index is 3.54. The van der Waals surface area contributed by atoms with Gasteiger partial charge in [-0.2, -0.15) is 0 Å². The van der Waals surface area contributed by atoms with Gasteiger partial charge in [0.05, 0.1) is 13.5 Å². The third kappa shape index (κ3) is 5.04. The highest BCUT2D eigenvalue weighted by molar-refractivity contribution is 6.53. The van der Waals surface area contributed by atoms with Crippen LogP contribution in [0.25, 0.3) is 0 Å². The van der Waals surface area contributed by atoms with Crippen LogP contribution in [0, 0.1) is 0 Å². The van der Waals surface area contributed by atoms with Gasteiger partial charge in [-0.1, -0.05) is 23.2 Å². The quantitative estimate of drug-likeness (QED) is 0.506. The first-order chi connectivity index (χ1) is 5.07. The molecule has 11 heavy (non-hydrogen) atoms. The van der Waals surface area contributed by atoms with Crippen molar-refractivity contribution in [2.45, 2.75) is 17.7 Å². The smallest absolute Gasteiger partial charge is 0.305 e. The second-order valence-electron chi connectivity index (χ2n) is 1.84. The summed E-state index contributed by atoms with van der Waals surface area (Å²) in [6.45, 7) is 0. The molecule has 0 aliphatic carbocycles. The monoisotopic (exact) mass is 198 g/mol. The molecule has 0 aromatic rings. The van der Waals surface area contributed by atoms with E-state index in [-0.39, 0.29) is 18.6 Å². The zero-order chi connectivity index (χ0) is 8.85. The summed E-state index contributed by atoms with van der Waals surface area (Å²) in [4.78, 5) is 20.1. The topological polar surface area (TPSA) is 43.4 Å². The van der Waals surface area contributed by atoms with E-state index in [1.807, 2.05) is 0 Å². The van der Waals surface area contributed by atoms with Gasteiger partial charge in [0.25, 0.3) is 0 Å². The van der Waals surface area contributed by atoms with Crippen molar-refractivity contribution in [1.29, 1.82) is 0 Å². The zero-order valence-electron chi connectivity index (χ0n) is 5.97. The highest BCUT2D eigenvalue weighted by atomic mass is 35.5. The molecule has 0 heterocycles. The number of ether oxygens (including phenoxy) is 1. The summed E-state index contributed by atoms with van der Waals surface area (Å²) in [7, 11) is 1.26. The molecule has 0 saturated carbocycles. The number of hydrogen-bond donors (Lipinski definition) is 0. The minimum Gasteiger partial charge on any atom is -0.469 e. The minimum absolute atomic E-state index is 0.0321. The third-order valence-corrected chi connectivity index (χ3v) is 1.53. The van der Waals surface area contributed by atoms with Crippen molar-refractivity contribution in [3.8, 4) is 0 Å². The highest BCUT2D eigenvalue weighted by Gasteiger charge is 2.13. The average Bonchev–Trinajstić information content (AvgIpc) is 1.99. The molecule has 0 fully saturated rings. The second kappa shape index (κ2) is 5.38. The lowest BCUT2D eigenvalue weighted by molar-refractivity contribution is -0.141. The molecule has 0 aromatic heterocycles. The van der Waals surface area contributed by atoms with Crippen LogP contribution in [0.4, 0.5) is 0 Å². The van der Waals surface area contributed by atoms with Crippen LogP contribution >= 0.6 is 23.2 Å². The first-order valence-electron chi connectivity index (χ1n) is 2.95. The summed E-state index contributed by atoms with van der Waals surface area (Å²) in [6, 6.07) is 0. The van der Waals surface area contributed by atoms with Gasteiger partial charge in [0.2, 0.25) is 0 Å². The Morgan fingerprint density at radius 3 is 2.27 bits per heavy atom. The summed E-state index contributed by atoms with van der Waals surface area (Å²) in [6.07, 6.45) is 0.0651. The van der Waals surface area contributed by atoms with Gasteiger partial charge in [-0.3, -0.25) is 9.59 Å². The molecule has 0 spiro atoms. The van der Waals surface area contributed by atoms with Crippen LogP contribution in [0.15, 0.2) is 0 Å². The van der Waals surface area contributed by atoms with E-state index in [1.165, 1.54) is 7.11 Å². The van der Waals surface area contributed by atoms with Crippen LogP contribution in [0.3, 0.4) is 0 Å². The van der Waals surface area contributed by atoms with E-state index >= 15 is 0 Å². The fraction of sp³-hybridized carbons (Fsp3) is 0.667. The predicted octanol–water partition coefficient (Wildman–Crippen LogP) is 1.31. The molecule has 0 atom stereocenters. The fourth-order valence-corrected chi connectivity index (χ4v) is 0.655. The van der Waals surface area contributed by atoms with Crippen molar-refractivity contribution in [1.82, 2.24) is 0 Å². The molecule has 0 aliphatic heterocycles. The Labute approximate surface area is 74.6 Å². The van der Waals surface area contributed by atoms with Gasteiger partial charge in [0, 0.05) is 6.42 Å². The van der Waals surface area contributed by atoms with Crippen molar-refractivity contribution in [2.75, 3.05) is 7.11 Å². The molecule has 0 aromatic carbocycles. The summed E-state index contributed by atoms with van der Waals surface area (Å²) in [5, 5.41) is 0. The van der Waals surface area contributed by atoms with Crippen LogP contribution in [0.5, 0.6) is 0 Å². The van der Waals surface area contributed by atoms with Gasteiger partial charge in [-0.15, -0.1) is 0 Å². The number of hydrogen-bond acceptors (Lipinski definition) is 3. The van der Waals surface area contributed by atoms with E-state index < -0.39 is 10.8 Å². The lowest BCUT2D eigenvalue weighted by Crippen LogP contribution is -2.10. The predicted molar refractivity (Wildman–Crippen MR) is 41.8 cm³/mol. The van der Waals surface area contributed by atoms with Crippen molar-refractivity contribution in [2.24, 2.45) is 0 Å². The number of carbonyl (C=O) groups is 2. The molecular formula is C6H8Cl2O3. The molecule has 5 heteroatoms. The van der Waals surface area contributed by atoms with E-state index in [4.69, 9.17) is 23.2 Å². The number of halogens is 2. The van der Waals surface area contributed by atoms with Gasteiger partial charge in [0.15, 0.2) is 10.6 Å². The maximum absolute atomic E-state index is 10.7. The normalized spacial score (nSPS) is 9.82. The van der Waals surface area contributed by atoms with E-state index in [0.717, 1.165) is 0 Å². The number of carbonyl (C=O) groups excluding carboxylic acids is 2. The van der Waals surface area contributed by atoms with E-state index in [0.29, 0.717) is 0 Å². The number of Topliss-reactive ketones (excluding diaryl/α,β-unsaturated/α-hetero) is 1. The van der Waals surface area contributed by atoms with E-state index in [1.54, 1.807) is 0 Å². The first kappa shape index (κ1) is 10.7. The van der Waals surface area contributed by atoms with E-state index in [2.05, 4.69) is 4.74 Å². The van der Waals surface area contributed by atoms with E-state index in [9.17, 15) is 9.59 Å². The lowest BCUT2D eigenvalue weighted by atomic mass is 10.2. The van der Waals surface area contributed by atoms with Crippen molar-refractivity contribution in [3.63, 3.8) is 0 Å². The van der Waals surface area contributed by atoms with Crippen LogP contribution in [0.1, 0.15) is 12.8 Å². The Bertz CT molecular complexity index is 156. The first-order valence-corrected chi connectivity index (χ1v) is 3.83. The van der Waals surface area contributed by atoms with Crippen LogP contribution in [0.2, 0.25) is 0 Å². The van der Waals surface area contributed by atoms with Gasteiger partial charge in [0.1, 0.15) is 0 Å². The molecule has 0 amide bonds. The number of esters is 1. The Morgan fingerprint density at radius 1 is 1.36 bits per heavy atom. The van der Waals surface area contributed by atoms with Crippen molar-refractivity contribution < 1.29 is 14.3 Å². The Hall–Kier alpha value is -0.280. The minimum atomic E-state index is -1.04. The Kier molecular flexibility index (Phi) is 5.24. The molecule has 0 bridgehead atoms. The van der Waals surface area contributed by atoms with Gasteiger partial charge < -0.3 is 4.74 Å². The zero-order valence-corrected chi connectivity index (χ0v) is 7.48. The molecule has 0 rings (SSSR count). The maximum atomic E-state index is 10.7. The molecule has 3 nitrogen and oxygen atoms in total. The SMILES string of the molecule is COC(=O)CCC(=O)C(Cl)Cl. The average molecular weight is 199 g/mol. The molecule has 64 valence electrons. The van der Waals surface area contributed by atoms with Crippen LogP contribution < -0.4 is 0 Å². The van der Waals surface area contributed by atoms with Gasteiger partial charge in [-0.25, -0.2) is 0 Å². The largest absolute Gasteiger partial charge is 0.469 e. The second-order valence-corrected chi connectivity index (χ2v) is 2.94. The summed E-state index contributed by atoms with van der Waals surface area (Å²) < 4.78 is 4.30. The number of rotatable bonds is 4. The number of methoxy groups -OCH3 is 1. The number of ketones is 1. The van der Waals surface area contributed by atoms with Crippen molar-refractivity contribution >= 4 is 35.0 Å². The molecule has 0 N–H and O–H groups in total. The molecule has 0 radical (unpaired) electrons. The standard InChI is InChI=1S/C6H8Cl2O3/c1-11-5(10)3-2-4(9)6(7)8/h6H,2-3H2,1H3. The summed E-state index contributed by atoms with van der Waals surface area (Å²) in [5.74, 6) is -0.800. The molecule has 0 aliphatic rings. The third-order valence-electron chi connectivity index (χ3n) is 1.05. The fourth-order valence-electron chi connectivity index (χ4n) is 0.436. The molecule has 0 saturated heterocycles. The van der Waals surface area contributed by atoms with Crippen molar-refractivity contribution in [3.05, 3.63) is 0 Å². The summed E-state index contributed by atoms with van der Waals surface area (Å²) >= 11 is 10.4. The Morgan fingerprint density at radius 2 is 1.91 bits per heavy atom. The highest BCUT2D eigenvalue weighted by Crippen LogP contribution is 2.07. The number of alkyl halides is 2.